The topological polar surface area (TPSA) is 80.9 Å². The molecule has 19 heavy (non-hydrogen) atoms. The Morgan fingerprint density at radius 3 is 2.79 bits per heavy atom. The summed E-state index contributed by atoms with van der Waals surface area (Å²) in [7, 11) is 0. The van der Waals surface area contributed by atoms with E-state index in [0.717, 1.165) is 0 Å². The third-order valence-corrected chi connectivity index (χ3v) is 4.06. The van der Waals surface area contributed by atoms with Gasteiger partial charge in [-0.2, -0.15) is 0 Å². The van der Waals surface area contributed by atoms with Crippen LogP contribution in [0.2, 0.25) is 0 Å². The Balaban J connectivity index is 2.03. The molecule has 2 rings (SSSR count). The zero-order chi connectivity index (χ0) is 13.9. The summed E-state index contributed by atoms with van der Waals surface area (Å²) < 4.78 is 0. The number of aromatic nitrogens is 2. The fourth-order valence-corrected chi connectivity index (χ4v) is 2.51. The number of anilines is 1. The zero-order valence-corrected chi connectivity index (χ0v) is 11.7. The first-order chi connectivity index (χ1) is 9.00. The summed E-state index contributed by atoms with van der Waals surface area (Å²) in [5, 5.41) is 4.88. The number of nitrogens with zero attached hydrogens (tertiary/aromatic N) is 2. The normalized spacial score (nSPS) is 11.3. The van der Waals surface area contributed by atoms with Crippen LogP contribution in [0, 0.1) is 0 Å². The predicted molar refractivity (Wildman–Crippen MR) is 76.1 cm³/mol. The Labute approximate surface area is 115 Å². The van der Waals surface area contributed by atoms with Crippen molar-refractivity contribution in [2.45, 2.75) is 19.3 Å². The lowest BCUT2D eigenvalue weighted by Gasteiger charge is -2.23. The minimum absolute atomic E-state index is 0.124. The highest BCUT2D eigenvalue weighted by atomic mass is 32.1. The molecule has 3 N–H and O–H groups in total. The van der Waals surface area contributed by atoms with Crippen LogP contribution in [-0.2, 0) is 5.41 Å². The molecule has 0 aliphatic carbocycles. The molecule has 0 saturated carbocycles. The van der Waals surface area contributed by atoms with Crippen molar-refractivity contribution in [3.63, 3.8) is 0 Å². The lowest BCUT2D eigenvalue weighted by atomic mass is 9.91. The van der Waals surface area contributed by atoms with E-state index in [0.29, 0.717) is 6.54 Å². The molecule has 0 aromatic carbocycles. The second-order valence-corrected chi connectivity index (χ2v) is 5.78. The van der Waals surface area contributed by atoms with Crippen molar-refractivity contribution in [2.75, 3.05) is 12.3 Å². The highest BCUT2D eigenvalue weighted by Crippen LogP contribution is 2.26. The molecular weight excluding hydrogens is 260 g/mol. The van der Waals surface area contributed by atoms with Gasteiger partial charge >= 0.3 is 0 Å². The average Bonchev–Trinajstić information content (AvgIpc) is 2.91. The number of nitrogens with one attached hydrogen (secondary N) is 1. The highest BCUT2D eigenvalue weighted by molar-refractivity contribution is 7.10. The van der Waals surface area contributed by atoms with E-state index >= 15 is 0 Å². The number of carbonyl (C=O) groups excluding carboxylic acids is 1. The van der Waals surface area contributed by atoms with E-state index in [2.05, 4.69) is 35.2 Å². The molecule has 2 aromatic heterocycles. The number of amides is 1. The van der Waals surface area contributed by atoms with Crippen LogP contribution in [0.4, 0.5) is 5.82 Å². The van der Waals surface area contributed by atoms with Crippen molar-refractivity contribution in [1.29, 1.82) is 0 Å². The van der Waals surface area contributed by atoms with Crippen molar-refractivity contribution in [1.82, 2.24) is 15.3 Å². The summed E-state index contributed by atoms with van der Waals surface area (Å²) >= 11 is 1.68. The second-order valence-electron chi connectivity index (χ2n) is 4.83. The van der Waals surface area contributed by atoms with Gasteiger partial charge < -0.3 is 11.1 Å². The maximum Gasteiger partial charge on any atom is 0.273 e. The van der Waals surface area contributed by atoms with E-state index in [4.69, 9.17) is 5.73 Å². The molecule has 0 radical (unpaired) electrons. The standard InChI is InChI=1S/C13H16N4OS/c1-13(2,9-4-3-7-19-9)8-17-12(18)10-11(14)16-6-5-15-10/h3-7H,8H2,1-2H3,(H2,14,16)(H,17,18). The van der Waals surface area contributed by atoms with Crippen molar-refractivity contribution in [3.8, 4) is 0 Å². The van der Waals surface area contributed by atoms with Gasteiger partial charge in [0.05, 0.1) is 0 Å². The van der Waals surface area contributed by atoms with E-state index in [1.807, 2.05) is 11.4 Å². The molecule has 0 aliphatic rings. The van der Waals surface area contributed by atoms with Crippen molar-refractivity contribution >= 4 is 23.1 Å². The Morgan fingerprint density at radius 2 is 2.16 bits per heavy atom. The molecule has 0 unspecified atom stereocenters. The van der Waals surface area contributed by atoms with E-state index in [1.54, 1.807) is 11.3 Å². The molecule has 0 saturated heterocycles. The Hall–Kier alpha value is -1.95. The van der Waals surface area contributed by atoms with Gasteiger partial charge in [0, 0.05) is 29.2 Å². The number of rotatable bonds is 4. The van der Waals surface area contributed by atoms with Gasteiger partial charge in [-0.05, 0) is 11.4 Å². The SMILES string of the molecule is CC(C)(CNC(=O)c1nccnc1N)c1cccs1. The minimum Gasteiger partial charge on any atom is -0.382 e. The summed E-state index contributed by atoms with van der Waals surface area (Å²) in [5.41, 5.74) is 5.67. The number of thiophene rings is 1. The third-order valence-electron chi connectivity index (χ3n) is 2.82. The summed E-state index contributed by atoms with van der Waals surface area (Å²) in [6.07, 6.45) is 2.91. The quantitative estimate of drug-likeness (QED) is 0.892. The molecule has 2 heterocycles. The van der Waals surface area contributed by atoms with Crippen molar-refractivity contribution in [3.05, 3.63) is 40.5 Å². The molecule has 0 atom stereocenters. The smallest absolute Gasteiger partial charge is 0.273 e. The number of carbonyl (C=O) groups is 1. The van der Waals surface area contributed by atoms with Crippen LogP contribution in [0.3, 0.4) is 0 Å². The van der Waals surface area contributed by atoms with Crippen LogP contribution >= 0.6 is 11.3 Å². The molecule has 0 spiro atoms. The van der Waals surface area contributed by atoms with Crippen LogP contribution in [0.5, 0.6) is 0 Å². The largest absolute Gasteiger partial charge is 0.382 e. The van der Waals surface area contributed by atoms with Crippen LogP contribution in [-0.4, -0.2) is 22.4 Å². The van der Waals surface area contributed by atoms with Crippen molar-refractivity contribution in [2.24, 2.45) is 0 Å². The molecule has 0 bridgehead atoms. The number of hydrogen-bond acceptors (Lipinski definition) is 5. The molecule has 100 valence electrons. The van der Waals surface area contributed by atoms with Gasteiger partial charge in [0.2, 0.25) is 0 Å². The highest BCUT2D eigenvalue weighted by Gasteiger charge is 2.23. The summed E-state index contributed by atoms with van der Waals surface area (Å²) in [6.45, 7) is 4.68. The van der Waals surface area contributed by atoms with Crippen LogP contribution in [0.25, 0.3) is 0 Å². The van der Waals surface area contributed by atoms with Gasteiger partial charge in [-0.3, -0.25) is 4.79 Å². The number of hydrogen-bond donors (Lipinski definition) is 2. The van der Waals surface area contributed by atoms with E-state index in [9.17, 15) is 4.79 Å². The second kappa shape index (κ2) is 5.36. The Bertz CT molecular complexity index is 566. The lowest BCUT2D eigenvalue weighted by Crippen LogP contribution is -2.36. The molecular formula is C13H16N4OS. The van der Waals surface area contributed by atoms with E-state index < -0.39 is 0 Å². The summed E-state index contributed by atoms with van der Waals surface area (Å²) in [5.74, 6) is -0.149. The average molecular weight is 276 g/mol. The third kappa shape index (κ3) is 3.08. The maximum absolute atomic E-state index is 12.0. The maximum atomic E-state index is 12.0. The summed E-state index contributed by atoms with van der Waals surface area (Å²) in [4.78, 5) is 21.0. The number of nitrogens with two attached hydrogens (primary N) is 1. The lowest BCUT2D eigenvalue weighted by molar-refractivity contribution is 0.0941. The van der Waals surface area contributed by atoms with Gasteiger partial charge in [-0.15, -0.1) is 11.3 Å². The van der Waals surface area contributed by atoms with Crippen LogP contribution < -0.4 is 11.1 Å². The molecule has 1 amide bonds. The Kier molecular flexibility index (Phi) is 3.80. The first kappa shape index (κ1) is 13.5. The van der Waals surface area contributed by atoms with Crippen LogP contribution in [0.1, 0.15) is 29.2 Å². The van der Waals surface area contributed by atoms with E-state index in [1.165, 1.54) is 17.3 Å². The molecule has 5 nitrogen and oxygen atoms in total. The zero-order valence-electron chi connectivity index (χ0n) is 10.9. The monoisotopic (exact) mass is 276 g/mol. The first-order valence-electron chi connectivity index (χ1n) is 5.89. The fourth-order valence-electron chi connectivity index (χ4n) is 1.66. The van der Waals surface area contributed by atoms with Crippen LogP contribution in [0.15, 0.2) is 29.9 Å². The Morgan fingerprint density at radius 1 is 1.42 bits per heavy atom. The molecule has 2 aromatic rings. The molecule has 0 aliphatic heterocycles. The predicted octanol–water partition coefficient (Wildman–Crippen LogP) is 1.83. The summed E-state index contributed by atoms with van der Waals surface area (Å²) in [6, 6.07) is 4.07. The van der Waals surface area contributed by atoms with Gasteiger partial charge in [-0.1, -0.05) is 19.9 Å². The van der Waals surface area contributed by atoms with Crippen molar-refractivity contribution < 1.29 is 4.79 Å². The van der Waals surface area contributed by atoms with Gasteiger partial charge in [0.1, 0.15) is 0 Å². The first-order valence-corrected chi connectivity index (χ1v) is 6.77. The molecule has 6 heteroatoms. The van der Waals surface area contributed by atoms with E-state index in [-0.39, 0.29) is 22.8 Å². The van der Waals surface area contributed by atoms with Gasteiger partial charge in [0.15, 0.2) is 11.5 Å². The molecule has 0 fully saturated rings. The van der Waals surface area contributed by atoms with Gasteiger partial charge in [-0.25, -0.2) is 9.97 Å². The minimum atomic E-state index is -0.296. The number of nitrogen functional groups attached to an aromatic ring is 1. The fraction of sp³-hybridized carbons (Fsp3) is 0.308. The van der Waals surface area contributed by atoms with Gasteiger partial charge in [0.25, 0.3) is 5.91 Å².